The average molecular weight is 342 g/mol. The molecule has 5 nitrogen and oxygen atoms in total. The molecule has 1 aromatic heterocycles. The summed E-state index contributed by atoms with van der Waals surface area (Å²) in [4.78, 5) is 23.9. The Morgan fingerprint density at radius 3 is 2.56 bits per heavy atom. The van der Waals surface area contributed by atoms with Crippen LogP contribution in [0.1, 0.15) is 5.76 Å². The number of ether oxygens (including phenoxy) is 2. The predicted molar refractivity (Wildman–Crippen MR) is 90.1 cm³/mol. The summed E-state index contributed by atoms with van der Waals surface area (Å²) in [5.41, 5.74) is 1.09. The van der Waals surface area contributed by atoms with Crippen molar-refractivity contribution in [3.8, 4) is 16.9 Å². The highest BCUT2D eigenvalue weighted by molar-refractivity contribution is 5.83. The summed E-state index contributed by atoms with van der Waals surface area (Å²) in [7, 11) is 1.27. The minimum absolute atomic E-state index is 0.218. The molecule has 25 heavy (non-hydrogen) atoms. The molecule has 6 heteroatoms. The highest BCUT2D eigenvalue weighted by Gasteiger charge is 2.14. The van der Waals surface area contributed by atoms with Crippen LogP contribution in [-0.2, 0) is 9.53 Å². The lowest BCUT2D eigenvalue weighted by atomic mass is 10.0. The molecule has 3 aromatic rings. The summed E-state index contributed by atoms with van der Waals surface area (Å²) in [6.07, 6.45) is 0. The van der Waals surface area contributed by atoms with Crippen molar-refractivity contribution in [2.24, 2.45) is 0 Å². The van der Waals surface area contributed by atoms with E-state index in [1.807, 2.05) is 0 Å². The molecule has 0 saturated heterocycles. The number of methoxy groups -OCH3 is 1. The lowest BCUT2D eigenvalue weighted by molar-refractivity contribution is -0.142. The third-order valence-electron chi connectivity index (χ3n) is 3.76. The Kier molecular flexibility index (Phi) is 4.52. The van der Waals surface area contributed by atoms with Crippen molar-refractivity contribution in [3.05, 3.63) is 64.3 Å². The fourth-order valence-corrected chi connectivity index (χ4v) is 2.53. The van der Waals surface area contributed by atoms with Gasteiger partial charge in [0.2, 0.25) is 5.43 Å². The molecule has 0 spiro atoms. The van der Waals surface area contributed by atoms with E-state index in [1.165, 1.54) is 31.4 Å². The number of esters is 1. The summed E-state index contributed by atoms with van der Waals surface area (Å²) >= 11 is 0. The second kappa shape index (κ2) is 6.76. The largest absolute Gasteiger partial charge is 0.482 e. The highest BCUT2D eigenvalue weighted by Crippen LogP contribution is 2.26. The number of fused-ring (bicyclic) bond motifs is 1. The van der Waals surface area contributed by atoms with E-state index >= 15 is 0 Å². The van der Waals surface area contributed by atoms with E-state index in [-0.39, 0.29) is 17.9 Å². The van der Waals surface area contributed by atoms with Gasteiger partial charge in [-0.25, -0.2) is 9.18 Å². The van der Waals surface area contributed by atoms with Gasteiger partial charge in [-0.1, -0.05) is 12.1 Å². The Labute approximate surface area is 142 Å². The van der Waals surface area contributed by atoms with Gasteiger partial charge in [0.25, 0.3) is 0 Å². The zero-order valence-electron chi connectivity index (χ0n) is 13.7. The van der Waals surface area contributed by atoms with Gasteiger partial charge in [0.05, 0.1) is 18.1 Å². The zero-order chi connectivity index (χ0) is 18.0. The van der Waals surface area contributed by atoms with Crippen molar-refractivity contribution in [1.82, 2.24) is 0 Å². The fourth-order valence-electron chi connectivity index (χ4n) is 2.53. The Morgan fingerprint density at radius 1 is 1.16 bits per heavy atom. The van der Waals surface area contributed by atoms with Gasteiger partial charge in [0.15, 0.2) is 6.61 Å². The topological polar surface area (TPSA) is 65.7 Å². The first-order valence-corrected chi connectivity index (χ1v) is 7.52. The molecule has 128 valence electrons. The molecule has 0 fully saturated rings. The van der Waals surface area contributed by atoms with Crippen molar-refractivity contribution in [3.63, 3.8) is 0 Å². The van der Waals surface area contributed by atoms with Crippen LogP contribution in [0.3, 0.4) is 0 Å². The zero-order valence-corrected chi connectivity index (χ0v) is 13.7. The standard InChI is InChI=1S/C19H15FO5/c1-11-18(12-3-5-13(20)6-4-12)19(22)15-8-7-14(9-16(15)25-11)24-10-17(21)23-2/h3-9H,10H2,1-2H3. The molecule has 3 rings (SSSR count). The summed E-state index contributed by atoms with van der Waals surface area (Å²) < 4.78 is 28.7. The average Bonchev–Trinajstić information content (AvgIpc) is 2.61. The molecule has 0 aliphatic rings. The van der Waals surface area contributed by atoms with Gasteiger partial charge in [-0.3, -0.25) is 4.79 Å². The number of carbonyl (C=O) groups excluding carboxylic acids is 1. The highest BCUT2D eigenvalue weighted by atomic mass is 19.1. The van der Waals surface area contributed by atoms with E-state index in [9.17, 15) is 14.0 Å². The van der Waals surface area contributed by atoms with Gasteiger partial charge in [-0.2, -0.15) is 0 Å². The van der Waals surface area contributed by atoms with Crippen LogP contribution >= 0.6 is 0 Å². The Hall–Kier alpha value is -3.15. The number of halogens is 1. The summed E-state index contributed by atoms with van der Waals surface area (Å²) in [5.74, 6) is -0.0902. The van der Waals surface area contributed by atoms with Crippen LogP contribution in [0, 0.1) is 12.7 Å². The number of aryl methyl sites for hydroxylation is 1. The van der Waals surface area contributed by atoms with Crippen molar-refractivity contribution in [2.75, 3.05) is 13.7 Å². The van der Waals surface area contributed by atoms with Crippen LogP contribution in [0.5, 0.6) is 5.75 Å². The Balaban J connectivity index is 2.04. The first-order chi connectivity index (χ1) is 12.0. The van der Waals surface area contributed by atoms with Crippen LogP contribution in [0.2, 0.25) is 0 Å². The van der Waals surface area contributed by atoms with Crippen molar-refractivity contribution in [1.29, 1.82) is 0 Å². The van der Waals surface area contributed by atoms with Gasteiger partial charge >= 0.3 is 5.97 Å². The van der Waals surface area contributed by atoms with Gasteiger partial charge < -0.3 is 13.9 Å². The minimum Gasteiger partial charge on any atom is -0.482 e. The van der Waals surface area contributed by atoms with Gasteiger partial charge in [0, 0.05) is 6.07 Å². The van der Waals surface area contributed by atoms with Crippen LogP contribution in [-0.4, -0.2) is 19.7 Å². The fraction of sp³-hybridized carbons (Fsp3) is 0.158. The molecular formula is C19H15FO5. The molecule has 2 aromatic carbocycles. The third-order valence-corrected chi connectivity index (χ3v) is 3.76. The second-order valence-electron chi connectivity index (χ2n) is 5.39. The van der Waals surface area contributed by atoms with E-state index in [0.29, 0.717) is 33.6 Å². The third kappa shape index (κ3) is 3.38. The number of rotatable bonds is 4. The normalized spacial score (nSPS) is 10.7. The first kappa shape index (κ1) is 16.7. The maximum Gasteiger partial charge on any atom is 0.343 e. The molecule has 0 atom stereocenters. The lowest BCUT2D eigenvalue weighted by Gasteiger charge is -2.09. The molecule has 0 amide bonds. The van der Waals surface area contributed by atoms with E-state index < -0.39 is 5.97 Å². The quantitative estimate of drug-likeness (QED) is 0.679. The molecule has 0 N–H and O–H groups in total. The van der Waals surface area contributed by atoms with Crippen LogP contribution < -0.4 is 10.2 Å². The molecular weight excluding hydrogens is 327 g/mol. The monoisotopic (exact) mass is 342 g/mol. The van der Waals surface area contributed by atoms with E-state index in [0.717, 1.165) is 0 Å². The summed E-state index contributed by atoms with van der Waals surface area (Å²) in [5, 5.41) is 0.371. The molecule has 0 unspecified atom stereocenters. The number of carbonyl (C=O) groups is 1. The van der Waals surface area contributed by atoms with E-state index in [1.54, 1.807) is 25.1 Å². The molecule has 1 heterocycles. The molecule has 0 bridgehead atoms. The minimum atomic E-state index is -0.510. The summed E-state index contributed by atoms with van der Waals surface area (Å²) in [6.45, 7) is 1.43. The SMILES string of the molecule is COC(=O)COc1ccc2c(=O)c(-c3ccc(F)cc3)c(C)oc2c1. The van der Waals surface area contributed by atoms with Crippen molar-refractivity contribution in [2.45, 2.75) is 6.92 Å². The van der Waals surface area contributed by atoms with E-state index in [2.05, 4.69) is 4.74 Å². The number of benzene rings is 2. The lowest BCUT2D eigenvalue weighted by Crippen LogP contribution is -2.12. The van der Waals surface area contributed by atoms with Gasteiger partial charge in [-0.05, 0) is 36.8 Å². The van der Waals surface area contributed by atoms with Crippen molar-refractivity contribution < 1.29 is 23.1 Å². The Morgan fingerprint density at radius 2 is 1.88 bits per heavy atom. The number of hydrogen-bond acceptors (Lipinski definition) is 5. The van der Waals surface area contributed by atoms with Gasteiger partial charge in [0.1, 0.15) is 22.9 Å². The van der Waals surface area contributed by atoms with Crippen LogP contribution in [0.15, 0.2) is 51.7 Å². The van der Waals surface area contributed by atoms with E-state index in [4.69, 9.17) is 9.15 Å². The molecule has 0 aliphatic carbocycles. The second-order valence-corrected chi connectivity index (χ2v) is 5.39. The summed E-state index contributed by atoms with van der Waals surface area (Å²) in [6, 6.07) is 10.3. The van der Waals surface area contributed by atoms with Gasteiger partial charge in [-0.15, -0.1) is 0 Å². The molecule has 0 radical (unpaired) electrons. The van der Waals surface area contributed by atoms with Crippen LogP contribution in [0.25, 0.3) is 22.1 Å². The van der Waals surface area contributed by atoms with Crippen LogP contribution in [0.4, 0.5) is 4.39 Å². The number of hydrogen-bond donors (Lipinski definition) is 0. The maximum absolute atomic E-state index is 13.1. The Bertz CT molecular complexity index is 989. The van der Waals surface area contributed by atoms with Crippen molar-refractivity contribution >= 4 is 16.9 Å². The predicted octanol–water partition coefficient (Wildman–Crippen LogP) is 3.46. The smallest absolute Gasteiger partial charge is 0.343 e. The molecule has 0 saturated carbocycles. The maximum atomic E-state index is 13.1. The molecule has 0 aliphatic heterocycles. The first-order valence-electron chi connectivity index (χ1n) is 7.52.